The molecule has 0 unspecified atom stereocenters. The number of thioether (sulfide) groups is 1. The molecule has 0 bridgehead atoms. The molecule has 0 spiro atoms. The predicted octanol–water partition coefficient (Wildman–Crippen LogP) is 5.66. The fraction of sp³-hybridized carbons (Fsp3) is 0.167. The maximum Gasteiger partial charge on any atom is 0.234 e. The molecule has 5 nitrogen and oxygen atoms in total. The summed E-state index contributed by atoms with van der Waals surface area (Å²) in [7, 11) is 0. The van der Waals surface area contributed by atoms with Crippen molar-refractivity contribution in [3.8, 4) is 11.4 Å². The van der Waals surface area contributed by atoms with Gasteiger partial charge >= 0.3 is 0 Å². The second-order valence-corrected chi connectivity index (χ2v) is 7.68. The van der Waals surface area contributed by atoms with Crippen LogP contribution in [0.3, 0.4) is 0 Å². The zero-order valence-corrected chi connectivity index (χ0v) is 17.3. The van der Waals surface area contributed by atoms with Crippen molar-refractivity contribution in [3.63, 3.8) is 0 Å². The summed E-state index contributed by atoms with van der Waals surface area (Å²) in [6.45, 7) is 2.64. The molecule has 0 atom stereocenters. The summed E-state index contributed by atoms with van der Waals surface area (Å²) in [5.74, 6) is 0.639. The van der Waals surface area contributed by atoms with Crippen molar-refractivity contribution in [3.05, 3.63) is 57.5 Å². The summed E-state index contributed by atoms with van der Waals surface area (Å²) < 4.78 is 1.93. The zero-order chi connectivity index (χ0) is 19.4. The summed E-state index contributed by atoms with van der Waals surface area (Å²) in [5, 5.41) is 13.4. The van der Waals surface area contributed by atoms with Crippen molar-refractivity contribution in [2.24, 2.45) is 0 Å². The molecule has 1 heterocycles. The minimum atomic E-state index is -0.200. The van der Waals surface area contributed by atoms with Gasteiger partial charge < -0.3 is 9.88 Å². The first-order chi connectivity index (χ1) is 13.0. The Morgan fingerprint density at radius 2 is 1.89 bits per heavy atom. The van der Waals surface area contributed by atoms with Crippen molar-refractivity contribution in [2.45, 2.75) is 18.6 Å². The third kappa shape index (κ3) is 4.76. The first-order valence-corrected chi connectivity index (χ1v) is 10.2. The highest BCUT2D eigenvalue weighted by molar-refractivity contribution is 7.99. The van der Waals surface area contributed by atoms with E-state index in [9.17, 15) is 4.79 Å². The first kappa shape index (κ1) is 20.0. The van der Waals surface area contributed by atoms with E-state index in [1.165, 1.54) is 11.8 Å². The largest absolute Gasteiger partial charge is 0.324 e. The molecule has 0 aliphatic rings. The Kier molecular flexibility index (Phi) is 6.65. The van der Waals surface area contributed by atoms with E-state index in [0.29, 0.717) is 38.3 Å². The topological polar surface area (TPSA) is 59.8 Å². The SMILES string of the molecule is CCn1c(SCC(=O)Nc2ccc(Cl)cc2Cl)nnc1-c1ccccc1Cl. The Bertz CT molecular complexity index is 977. The number of halogens is 3. The van der Waals surface area contributed by atoms with Crippen LogP contribution in [0.2, 0.25) is 15.1 Å². The van der Waals surface area contributed by atoms with Gasteiger partial charge in [0, 0.05) is 17.1 Å². The van der Waals surface area contributed by atoms with Gasteiger partial charge in [-0.3, -0.25) is 4.79 Å². The lowest BCUT2D eigenvalue weighted by molar-refractivity contribution is -0.113. The molecule has 3 rings (SSSR count). The average molecular weight is 442 g/mol. The number of hydrogen-bond acceptors (Lipinski definition) is 4. The lowest BCUT2D eigenvalue weighted by Gasteiger charge is -2.09. The van der Waals surface area contributed by atoms with Crippen LogP contribution in [-0.4, -0.2) is 26.4 Å². The molecule has 140 valence electrons. The van der Waals surface area contributed by atoms with Crippen molar-refractivity contribution >= 4 is 58.2 Å². The van der Waals surface area contributed by atoms with Gasteiger partial charge in [0.1, 0.15) is 0 Å². The Balaban J connectivity index is 1.71. The molecular weight excluding hydrogens is 427 g/mol. The number of rotatable bonds is 6. The minimum Gasteiger partial charge on any atom is -0.324 e. The number of hydrogen-bond donors (Lipinski definition) is 1. The molecule has 27 heavy (non-hydrogen) atoms. The van der Waals surface area contributed by atoms with Gasteiger partial charge in [-0.2, -0.15) is 0 Å². The van der Waals surface area contributed by atoms with Crippen LogP contribution in [0.5, 0.6) is 0 Å². The van der Waals surface area contributed by atoms with E-state index in [1.54, 1.807) is 18.2 Å². The molecule has 0 aliphatic heterocycles. The van der Waals surface area contributed by atoms with Crippen molar-refractivity contribution in [1.82, 2.24) is 14.8 Å². The molecule has 0 saturated heterocycles. The highest BCUT2D eigenvalue weighted by Crippen LogP contribution is 2.29. The second kappa shape index (κ2) is 8.97. The maximum atomic E-state index is 12.3. The fourth-order valence-corrected chi connectivity index (χ4v) is 3.91. The van der Waals surface area contributed by atoms with Crippen LogP contribution in [0.15, 0.2) is 47.6 Å². The summed E-state index contributed by atoms with van der Waals surface area (Å²) in [4.78, 5) is 12.3. The fourth-order valence-electron chi connectivity index (χ4n) is 2.43. The molecule has 0 fully saturated rings. The standard InChI is InChI=1S/C18H15Cl3N4OS/c1-2-25-17(12-5-3-4-6-13(12)20)23-24-18(25)27-10-16(26)22-15-8-7-11(19)9-14(15)21/h3-9H,2,10H2,1H3,(H,22,26). The molecule has 3 aromatic rings. The molecule has 0 radical (unpaired) electrons. The van der Waals surface area contributed by atoms with Crippen LogP contribution in [0, 0.1) is 0 Å². The van der Waals surface area contributed by atoms with E-state index in [-0.39, 0.29) is 11.7 Å². The minimum absolute atomic E-state index is 0.166. The highest BCUT2D eigenvalue weighted by atomic mass is 35.5. The van der Waals surface area contributed by atoms with Gasteiger partial charge in [0.05, 0.1) is 21.5 Å². The quantitative estimate of drug-likeness (QED) is 0.502. The van der Waals surface area contributed by atoms with Crippen LogP contribution in [0.4, 0.5) is 5.69 Å². The van der Waals surface area contributed by atoms with Gasteiger partial charge in [-0.25, -0.2) is 0 Å². The Labute approximate surface area is 176 Å². The number of carbonyl (C=O) groups is 1. The van der Waals surface area contributed by atoms with Gasteiger partial charge in [-0.05, 0) is 37.3 Å². The van der Waals surface area contributed by atoms with Crippen LogP contribution in [-0.2, 0) is 11.3 Å². The van der Waals surface area contributed by atoms with E-state index >= 15 is 0 Å². The Morgan fingerprint density at radius 3 is 2.59 bits per heavy atom. The normalized spacial score (nSPS) is 10.8. The van der Waals surface area contributed by atoms with E-state index in [1.807, 2.05) is 35.8 Å². The van der Waals surface area contributed by atoms with Crippen LogP contribution >= 0.6 is 46.6 Å². The van der Waals surface area contributed by atoms with Gasteiger partial charge in [-0.15, -0.1) is 10.2 Å². The first-order valence-electron chi connectivity index (χ1n) is 8.05. The van der Waals surface area contributed by atoms with Crippen molar-refractivity contribution in [1.29, 1.82) is 0 Å². The second-order valence-electron chi connectivity index (χ2n) is 5.49. The molecule has 1 amide bonds. The number of nitrogens with zero attached hydrogens (tertiary/aromatic N) is 3. The molecule has 2 aromatic carbocycles. The number of carbonyl (C=O) groups excluding carboxylic acids is 1. The molecule has 1 aromatic heterocycles. The van der Waals surface area contributed by atoms with E-state index in [4.69, 9.17) is 34.8 Å². The number of aromatic nitrogens is 3. The van der Waals surface area contributed by atoms with Crippen LogP contribution in [0.1, 0.15) is 6.92 Å². The Morgan fingerprint density at radius 1 is 1.11 bits per heavy atom. The number of amides is 1. The van der Waals surface area contributed by atoms with Crippen LogP contribution in [0.25, 0.3) is 11.4 Å². The summed E-state index contributed by atoms with van der Waals surface area (Å²) >= 11 is 19.5. The average Bonchev–Trinajstić information content (AvgIpc) is 3.05. The van der Waals surface area contributed by atoms with Gasteiger partial charge in [0.15, 0.2) is 11.0 Å². The lowest BCUT2D eigenvalue weighted by atomic mass is 10.2. The summed E-state index contributed by atoms with van der Waals surface area (Å²) in [6, 6.07) is 12.4. The smallest absolute Gasteiger partial charge is 0.234 e. The third-order valence-corrected chi connectivity index (χ3v) is 5.53. The Hall–Kier alpha value is -1.73. The predicted molar refractivity (Wildman–Crippen MR) is 112 cm³/mol. The summed E-state index contributed by atoms with van der Waals surface area (Å²) in [5.41, 5.74) is 1.32. The monoisotopic (exact) mass is 440 g/mol. The van der Waals surface area contributed by atoms with E-state index in [2.05, 4.69) is 15.5 Å². The molecular formula is C18H15Cl3N4OS. The summed E-state index contributed by atoms with van der Waals surface area (Å²) in [6.07, 6.45) is 0. The zero-order valence-electron chi connectivity index (χ0n) is 14.2. The van der Waals surface area contributed by atoms with Gasteiger partial charge in [0.2, 0.25) is 5.91 Å². The highest BCUT2D eigenvalue weighted by Gasteiger charge is 2.16. The number of benzene rings is 2. The van der Waals surface area contributed by atoms with Crippen molar-refractivity contribution < 1.29 is 4.79 Å². The maximum absolute atomic E-state index is 12.3. The van der Waals surface area contributed by atoms with Crippen molar-refractivity contribution in [2.75, 3.05) is 11.1 Å². The van der Waals surface area contributed by atoms with E-state index in [0.717, 1.165) is 5.56 Å². The third-order valence-electron chi connectivity index (χ3n) is 3.69. The molecule has 0 aliphatic carbocycles. The molecule has 0 saturated carbocycles. The number of nitrogens with one attached hydrogen (secondary N) is 1. The number of anilines is 1. The lowest BCUT2D eigenvalue weighted by Crippen LogP contribution is -2.15. The van der Waals surface area contributed by atoms with E-state index < -0.39 is 0 Å². The van der Waals surface area contributed by atoms with Crippen LogP contribution < -0.4 is 5.32 Å². The van der Waals surface area contributed by atoms with Gasteiger partial charge in [0.25, 0.3) is 0 Å². The molecule has 9 heteroatoms. The van der Waals surface area contributed by atoms with Gasteiger partial charge in [-0.1, -0.05) is 58.7 Å². The molecule has 1 N–H and O–H groups in total.